The Balaban J connectivity index is 1.87. The largest absolute Gasteiger partial charge is 0.426 e. The molecule has 0 radical (unpaired) electrons. The van der Waals surface area contributed by atoms with Crippen molar-refractivity contribution >= 4 is 5.97 Å². The summed E-state index contributed by atoms with van der Waals surface area (Å²) < 4.78 is 5.68. The van der Waals surface area contributed by atoms with Crippen molar-refractivity contribution in [2.24, 2.45) is 0 Å². The van der Waals surface area contributed by atoms with Crippen molar-refractivity contribution in [3.05, 3.63) is 102 Å². The normalized spacial score (nSPS) is 10.9. The number of hydrogen-bond acceptors (Lipinski definition) is 2. The molecule has 0 amide bonds. The van der Waals surface area contributed by atoms with Gasteiger partial charge >= 0.3 is 5.97 Å². The number of rotatable bonds is 5. The van der Waals surface area contributed by atoms with Gasteiger partial charge in [-0.25, -0.2) is 0 Å². The summed E-state index contributed by atoms with van der Waals surface area (Å²) in [6.45, 7) is 4.28. The fourth-order valence-corrected chi connectivity index (χ4v) is 2.85. The molecule has 126 valence electrons. The quantitative estimate of drug-likeness (QED) is 0.453. The molecule has 0 fully saturated rings. The Morgan fingerprint density at radius 3 is 1.60 bits per heavy atom. The summed E-state index contributed by atoms with van der Waals surface area (Å²) in [5, 5.41) is 0. The molecule has 2 heteroatoms. The van der Waals surface area contributed by atoms with Crippen molar-refractivity contribution in [1.82, 2.24) is 0 Å². The summed E-state index contributed by atoms with van der Waals surface area (Å²) in [6.07, 6.45) is 0. The van der Waals surface area contributed by atoms with Crippen LogP contribution in [0.1, 0.15) is 42.4 Å². The van der Waals surface area contributed by atoms with Gasteiger partial charge in [0.2, 0.25) is 0 Å². The third-order valence-corrected chi connectivity index (χ3v) is 4.27. The Bertz CT molecular complexity index is 766. The van der Waals surface area contributed by atoms with Crippen LogP contribution in [0.3, 0.4) is 0 Å². The van der Waals surface area contributed by atoms with E-state index in [1.165, 1.54) is 5.56 Å². The van der Waals surface area contributed by atoms with E-state index < -0.39 is 5.92 Å². The first kappa shape index (κ1) is 17.0. The van der Waals surface area contributed by atoms with Gasteiger partial charge in [-0.2, -0.15) is 0 Å². The first-order valence-electron chi connectivity index (χ1n) is 8.56. The molecular weight excluding hydrogens is 308 g/mol. The molecule has 0 saturated carbocycles. The van der Waals surface area contributed by atoms with E-state index in [9.17, 15) is 4.79 Å². The maximum absolute atomic E-state index is 12.9. The lowest BCUT2D eigenvalue weighted by Crippen LogP contribution is -2.20. The minimum absolute atomic E-state index is 0.269. The Kier molecular flexibility index (Phi) is 5.30. The van der Waals surface area contributed by atoms with Gasteiger partial charge in [0.25, 0.3) is 0 Å². The molecule has 0 unspecified atom stereocenters. The average molecular weight is 330 g/mol. The Hall–Kier alpha value is -2.87. The second-order valence-corrected chi connectivity index (χ2v) is 6.40. The molecule has 0 saturated heterocycles. The summed E-state index contributed by atoms with van der Waals surface area (Å²) in [5.74, 6) is 0.319. The first-order chi connectivity index (χ1) is 12.1. The zero-order valence-corrected chi connectivity index (χ0v) is 14.6. The monoisotopic (exact) mass is 330 g/mol. The Morgan fingerprint density at radius 2 is 1.16 bits per heavy atom. The van der Waals surface area contributed by atoms with Crippen LogP contribution in [-0.4, -0.2) is 5.97 Å². The third kappa shape index (κ3) is 4.16. The molecule has 2 nitrogen and oxygen atoms in total. The van der Waals surface area contributed by atoms with Crippen molar-refractivity contribution in [2.75, 3.05) is 0 Å². The molecule has 0 aliphatic carbocycles. The molecule has 0 atom stereocenters. The summed E-state index contributed by atoms with van der Waals surface area (Å²) in [4.78, 5) is 12.9. The minimum Gasteiger partial charge on any atom is -0.426 e. The van der Waals surface area contributed by atoms with Crippen LogP contribution < -0.4 is 4.74 Å². The van der Waals surface area contributed by atoms with Crippen LogP contribution in [0.25, 0.3) is 0 Å². The number of hydrogen-bond donors (Lipinski definition) is 0. The standard InChI is InChI=1S/C23H22O2/c1-17(2)18-13-15-21(16-14-18)25-23(24)22(19-9-5-3-6-10-19)20-11-7-4-8-12-20/h3-17,22H,1-2H3. The van der Waals surface area contributed by atoms with Crippen molar-refractivity contribution in [3.8, 4) is 5.75 Å². The lowest BCUT2D eigenvalue weighted by Gasteiger charge is -2.17. The van der Waals surface area contributed by atoms with Gasteiger partial charge in [-0.15, -0.1) is 0 Å². The molecule has 3 aromatic rings. The predicted molar refractivity (Wildman–Crippen MR) is 101 cm³/mol. The number of carbonyl (C=O) groups is 1. The lowest BCUT2D eigenvalue weighted by atomic mass is 9.91. The fourth-order valence-electron chi connectivity index (χ4n) is 2.85. The summed E-state index contributed by atoms with van der Waals surface area (Å²) in [7, 11) is 0. The van der Waals surface area contributed by atoms with Crippen LogP contribution >= 0.6 is 0 Å². The van der Waals surface area contributed by atoms with E-state index in [4.69, 9.17) is 4.74 Å². The number of carbonyl (C=O) groups excluding carboxylic acids is 1. The van der Waals surface area contributed by atoms with Gasteiger partial charge in [-0.05, 0) is 34.7 Å². The topological polar surface area (TPSA) is 26.3 Å². The van der Waals surface area contributed by atoms with Gasteiger partial charge < -0.3 is 4.74 Å². The maximum Gasteiger partial charge on any atom is 0.323 e. The van der Waals surface area contributed by atoms with Crippen LogP contribution in [-0.2, 0) is 4.79 Å². The van der Waals surface area contributed by atoms with Gasteiger partial charge in [0.1, 0.15) is 11.7 Å². The van der Waals surface area contributed by atoms with Crippen LogP contribution in [0.5, 0.6) is 5.75 Å². The van der Waals surface area contributed by atoms with Crippen LogP contribution in [0, 0.1) is 0 Å². The fraction of sp³-hybridized carbons (Fsp3) is 0.174. The first-order valence-corrected chi connectivity index (χ1v) is 8.56. The van der Waals surface area contributed by atoms with Crippen molar-refractivity contribution < 1.29 is 9.53 Å². The van der Waals surface area contributed by atoms with E-state index in [1.807, 2.05) is 84.9 Å². The van der Waals surface area contributed by atoms with E-state index in [0.29, 0.717) is 11.7 Å². The molecule has 25 heavy (non-hydrogen) atoms. The highest BCUT2D eigenvalue weighted by Crippen LogP contribution is 2.27. The van der Waals surface area contributed by atoms with E-state index in [-0.39, 0.29) is 5.97 Å². The molecule has 0 aromatic heterocycles. The zero-order valence-electron chi connectivity index (χ0n) is 14.6. The lowest BCUT2D eigenvalue weighted by molar-refractivity contribution is -0.135. The number of ether oxygens (including phenoxy) is 1. The van der Waals surface area contributed by atoms with E-state index >= 15 is 0 Å². The van der Waals surface area contributed by atoms with Gasteiger partial charge in [-0.3, -0.25) is 4.79 Å². The van der Waals surface area contributed by atoms with Crippen LogP contribution in [0.4, 0.5) is 0 Å². The van der Waals surface area contributed by atoms with Gasteiger partial charge in [-0.1, -0.05) is 86.6 Å². The third-order valence-electron chi connectivity index (χ3n) is 4.27. The van der Waals surface area contributed by atoms with Gasteiger partial charge in [0.05, 0.1) is 0 Å². The van der Waals surface area contributed by atoms with Crippen LogP contribution in [0.2, 0.25) is 0 Å². The number of esters is 1. The molecule has 0 aliphatic rings. The summed E-state index contributed by atoms with van der Waals surface area (Å²) in [6, 6.07) is 27.2. The predicted octanol–water partition coefficient (Wildman–Crippen LogP) is 5.55. The zero-order chi connectivity index (χ0) is 17.6. The Morgan fingerprint density at radius 1 is 0.680 bits per heavy atom. The summed E-state index contributed by atoms with van der Waals surface area (Å²) >= 11 is 0. The second kappa shape index (κ2) is 7.80. The maximum atomic E-state index is 12.9. The molecule has 3 aromatic carbocycles. The molecule has 0 N–H and O–H groups in total. The molecule has 0 spiro atoms. The Labute approximate surface area is 149 Å². The van der Waals surface area contributed by atoms with E-state index in [2.05, 4.69) is 13.8 Å². The number of benzene rings is 3. The molecule has 0 bridgehead atoms. The van der Waals surface area contributed by atoms with Crippen molar-refractivity contribution in [2.45, 2.75) is 25.7 Å². The minimum atomic E-state index is -0.438. The molecule has 0 heterocycles. The van der Waals surface area contributed by atoms with Crippen LogP contribution in [0.15, 0.2) is 84.9 Å². The van der Waals surface area contributed by atoms with E-state index in [0.717, 1.165) is 11.1 Å². The average Bonchev–Trinajstić information content (AvgIpc) is 2.64. The molecule has 3 rings (SSSR count). The second-order valence-electron chi connectivity index (χ2n) is 6.40. The van der Waals surface area contributed by atoms with Gasteiger partial charge in [0, 0.05) is 0 Å². The highest BCUT2D eigenvalue weighted by Gasteiger charge is 2.24. The van der Waals surface area contributed by atoms with Gasteiger partial charge in [0.15, 0.2) is 0 Å². The van der Waals surface area contributed by atoms with E-state index in [1.54, 1.807) is 0 Å². The highest BCUT2D eigenvalue weighted by molar-refractivity contribution is 5.84. The molecule has 0 aliphatic heterocycles. The molecular formula is C23H22O2. The summed E-state index contributed by atoms with van der Waals surface area (Å²) in [5.41, 5.74) is 3.08. The SMILES string of the molecule is CC(C)c1ccc(OC(=O)C(c2ccccc2)c2ccccc2)cc1. The van der Waals surface area contributed by atoms with Crippen molar-refractivity contribution in [3.63, 3.8) is 0 Å². The highest BCUT2D eigenvalue weighted by atomic mass is 16.5. The smallest absolute Gasteiger partial charge is 0.323 e. The van der Waals surface area contributed by atoms with Crippen molar-refractivity contribution in [1.29, 1.82) is 0 Å².